The van der Waals surface area contributed by atoms with E-state index in [-0.39, 0.29) is 5.92 Å². The maximum atomic E-state index is 12.4. The van der Waals surface area contributed by atoms with Crippen LogP contribution in [-0.2, 0) is 11.3 Å². The number of nitrogens with zero attached hydrogens (tertiary/aromatic N) is 2. The Morgan fingerprint density at radius 3 is 2.57 bits per heavy atom. The van der Waals surface area contributed by atoms with Crippen molar-refractivity contribution in [2.24, 2.45) is 5.92 Å². The van der Waals surface area contributed by atoms with Crippen LogP contribution in [-0.4, -0.2) is 61.6 Å². The lowest BCUT2D eigenvalue weighted by molar-refractivity contribution is -0.136. The molecular formula is C18H27N3O2. The normalized spacial score (nSPS) is 22.3. The Morgan fingerprint density at radius 2 is 1.96 bits per heavy atom. The first-order valence-corrected chi connectivity index (χ1v) is 8.70. The highest BCUT2D eigenvalue weighted by atomic mass is 16.5. The van der Waals surface area contributed by atoms with Gasteiger partial charge in [-0.15, -0.1) is 0 Å². The Labute approximate surface area is 138 Å². The molecule has 3 rings (SSSR count). The maximum Gasteiger partial charge on any atom is 0.227 e. The molecule has 1 unspecified atom stereocenters. The number of amides is 1. The van der Waals surface area contributed by atoms with E-state index in [4.69, 9.17) is 4.74 Å². The minimum Gasteiger partial charge on any atom is -0.494 e. The Balaban J connectivity index is 1.46. The summed E-state index contributed by atoms with van der Waals surface area (Å²) in [5.41, 5.74) is 1.30. The second-order valence-electron chi connectivity index (χ2n) is 6.37. The Hall–Kier alpha value is -1.59. The summed E-state index contributed by atoms with van der Waals surface area (Å²) in [6.45, 7) is 9.10. The van der Waals surface area contributed by atoms with Gasteiger partial charge in [0.1, 0.15) is 5.75 Å². The van der Waals surface area contributed by atoms with Crippen molar-refractivity contribution in [2.45, 2.75) is 19.9 Å². The predicted octanol–water partition coefficient (Wildman–Crippen LogP) is 1.34. The molecule has 0 bridgehead atoms. The van der Waals surface area contributed by atoms with Crippen LogP contribution in [0.3, 0.4) is 0 Å². The molecule has 23 heavy (non-hydrogen) atoms. The predicted molar refractivity (Wildman–Crippen MR) is 90.4 cm³/mol. The Kier molecular flexibility index (Phi) is 5.51. The van der Waals surface area contributed by atoms with Gasteiger partial charge in [-0.05, 0) is 37.6 Å². The minimum atomic E-state index is 0.202. The lowest BCUT2D eigenvalue weighted by Gasteiger charge is -2.36. The zero-order valence-corrected chi connectivity index (χ0v) is 14.0. The highest BCUT2D eigenvalue weighted by Crippen LogP contribution is 2.16. The summed E-state index contributed by atoms with van der Waals surface area (Å²) in [7, 11) is 0. The number of ether oxygens (including phenoxy) is 1. The Bertz CT molecular complexity index is 504. The summed E-state index contributed by atoms with van der Waals surface area (Å²) >= 11 is 0. The van der Waals surface area contributed by atoms with Crippen LogP contribution in [0.2, 0.25) is 0 Å². The van der Waals surface area contributed by atoms with Gasteiger partial charge in [-0.25, -0.2) is 0 Å². The third kappa shape index (κ3) is 4.24. The highest BCUT2D eigenvalue weighted by molar-refractivity contribution is 5.79. The molecule has 0 saturated carbocycles. The Morgan fingerprint density at radius 1 is 1.22 bits per heavy atom. The van der Waals surface area contributed by atoms with Gasteiger partial charge in [0.15, 0.2) is 0 Å². The van der Waals surface area contributed by atoms with Crippen LogP contribution in [0.5, 0.6) is 5.75 Å². The molecule has 1 aromatic carbocycles. The average Bonchev–Trinajstić information content (AvgIpc) is 3.11. The molecule has 2 aliphatic rings. The van der Waals surface area contributed by atoms with Crippen LogP contribution in [0.25, 0.3) is 0 Å². The molecule has 0 aromatic heterocycles. The molecule has 5 nitrogen and oxygen atoms in total. The van der Waals surface area contributed by atoms with Crippen molar-refractivity contribution < 1.29 is 9.53 Å². The maximum absolute atomic E-state index is 12.4. The van der Waals surface area contributed by atoms with Gasteiger partial charge in [-0.2, -0.15) is 0 Å². The highest BCUT2D eigenvalue weighted by Gasteiger charge is 2.29. The number of carbonyl (C=O) groups excluding carboxylic acids is 1. The fraction of sp³-hybridized carbons (Fsp3) is 0.611. The standard InChI is InChI=1S/C18H27N3O2/c1-2-23-17-5-3-15(4-6-17)14-20-9-11-21(12-10-20)18(22)16-7-8-19-13-16/h3-6,16,19H,2,7-14H2,1H3. The fourth-order valence-electron chi connectivity index (χ4n) is 3.37. The SMILES string of the molecule is CCOc1ccc(CN2CCN(C(=O)C3CCNC3)CC2)cc1. The van der Waals surface area contributed by atoms with Crippen molar-refractivity contribution >= 4 is 5.91 Å². The molecule has 2 aliphatic heterocycles. The van der Waals surface area contributed by atoms with Crippen molar-refractivity contribution in [3.8, 4) is 5.75 Å². The lowest BCUT2D eigenvalue weighted by Crippen LogP contribution is -2.50. The summed E-state index contributed by atoms with van der Waals surface area (Å²) in [4.78, 5) is 16.9. The number of hydrogen-bond donors (Lipinski definition) is 1. The molecule has 0 radical (unpaired) electrons. The smallest absolute Gasteiger partial charge is 0.227 e. The van der Waals surface area contributed by atoms with Gasteiger partial charge in [0.2, 0.25) is 5.91 Å². The quantitative estimate of drug-likeness (QED) is 0.890. The van der Waals surface area contributed by atoms with Crippen LogP contribution >= 0.6 is 0 Å². The van der Waals surface area contributed by atoms with E-state index in [1.165, 1.54) is 5.56 Å². The number of rotatable bonds is 5. The van der Waals surface area contributed by atoms with Crippen LogP contribution in [0, 0.1) is 5.92 Å². The second kappa shape index (κ2) is 7.79. The molecule has 0 spiro atoms. The molecule has 2 saturated heterocycles. The third-order valence-corrected chi connectivity index (χ3v) is 4.73. The van der Waals surface area contributed by atoms with Gasteiger partial charge >= 0.3 is 0 Å². The molecule has 126 valence electrons. The first-order chi connectivity index (χ1) is 11.3. The van der Waals surface area contributed by atoms with Gasteiger partial charge in [-0.1, -0.05) is 12.1 Å². The van der Waals surface area contributed by atoms with Crippen LogP contribution in [0.4, 0.5) is 0 Å². The van der Waals surface area contributed by atoms with Gasteiger partial charge in [0.05, 0.1) is 12.5 Å². The van der Waals surface area contributed by atoms with E-state index in [0.29, 0.717) is 12.5 Å². The molecular weight excluding hydrogens is 290 g/mol. The number of nitrogens with one attached hydrogen (secondary N) is 1. The van der Waals surface area contributed by atoms with E-state index in [9.17, 15) is 4.79 Å². The summed E-state index contributed by atoms with van der Waals surface area (Å²) < 4.78 is 5.48. The number of hydrogen-bond acceptors (Lipinski definition) is 4. The van der Waals surface area contributed by atoms with E-state index in [2.05, 4.69) is 22.3 Å². The van der Waals surface area contributed by atoms with Crippen molar-refractivity contribution in [1.82, 2.24) is 15.1 Å². The molecule has 5 heteroatoms. The van der Waals surface area contributed by atoms with Gasteiger partial charge in [-0.3, -0.25) is 9.69 Å². The minimum absolute atomic E-state index is 0.202. The van der Waals surface area contributed by atoms with Crippen molar-refractivity contribution in [1.29, 1.82) is 0 Å². The van der Waals surface area contributed by atoms with E-state index in [0.717, 1.165) is 58.0 Å². The second-order valence-corrected chi connectivity index (χ2v) is 6.37. The number of piperazine rings is 1. The van der Waals surface area contributed by atoms with Crippen molar-refractivity contribution in [3.63, 3.8) is 0 Å². The molecule has 1 atom stereocenters. The molecule has 1 N–H and O–H groups in total. The van der Waals surface area contributed by atoms with E-state index in [1.54, 1.807) is 0 Å². The topological polar surface area (TPSA) is 44.8 Å². The fourth-order valence-corrected chi connectivity index (χ4v) is 3.37. The lowest BCUT2D eigenvalue weighted by atomic mass is 10.1. The van der Waals surface area contributed by atoms with Gasteiger partial charge in [0.25, 0.3) is 0 Å². The summed E-state index contributed by atoms with van der Waals surface area (Å²) in [6.07, 6.45) is 0.991. The molecule has 1 amide bonds. The average molecular weight is 317 g/mol. The first-order valence-electron chi connectivity index (χ1n) is 8.70. The molecule has 2 fully saturated rings. The number of benzene rings is 1. The third-order valence-electron chi connectivity index (χ3n) is 4.73. The van der Waals surface area contributed by atoms with Crippen LogP contribution < -0.4 is 10.1 Å². The summed E-state index contributed by atoms with van der Waals surface area (Å²) in [5.74, 6) is 1.47. The zero-order valence-electron chi connectivity index (χ0n) is 14.0. The van der Waals surface area contributed by atoms with Crippen molar-refractivity contribution in [2.75, 3.05) is 45.9 Å². The first kappa shape index (κ1) is 16.3. The van der Waals surface area contributed by atoms with E-state index < -0.39 is 0 Å². The monoisotopic (exact) mass is 317 g/mol. The summed E-state index contributed by atoms with van der Waals surface area (Å²) in [6, 6.07) is 8.33. The van der Waals surface area contributed by atoms with E-state index >= 15 is 0 Å². The molecule has 2 heterocycles. The number of carbonyl (C=O) groups is 1. The van der Waals surface area contributed by atoms with Gasteiger partial charge in [0, 0.05) is 39.3 Å². The van der Waals surface area contributed by atoms with Crippen molar-refractivity contribution in [3.05, 3.63) is 29.8 Å². The van der Waals surface area contributed by atoms with Crippen LogP contribution in [0.15, 0.2) is 24.3 Å². The molecule has 1 aromatic rings. The molecule has 0 aliphatic carbocycles. The largest absolute Gasteiger partial charge is 0.494 e. The summed E-state index contributed by atoms with van der Waals surface area (Å²) in [5, 5.41) is 3.28. The zero-order chi connectivity index (χ0) is 16.1. The van der Waals surface area contributed by atoms with Gasteiger partial charge < -0.3 is 15.0 Å². The van der Waals surface area contributed by atoms with Crippen LogP contribution in [0.1, 0.15) is 18.9 Å². The van der Waals surface area contributed by atoms with E-state index in [1.807, 2.05) is 24.0 Å².